The minimum absolute atomic E-state index is 0.133. The lowest BCUT2D eigenvalue weighted by Gasteiger charge is -2.21. The molecule has 13 heavy (non-hydrogen) atoms. The Labute approximate surface area is 79.9 Å². The van der Waals surface area contributed by atoms with Crippen LogP contribution in [0.5, 0.6) is 5.75 Å². The molecule has 0 saturated carbocycles. The van der Waals surface area contributed by atoms with Crippen molar-refractivity contribution in [2.45, 2.75) is 26.4 Å². The minimum Gasteiger partial charge on any atom is -0.488 e. The fraction of sp³-hybridized carbons (Fsp3) is 0.455. The highest BCUT2D eigenvalue weighted by molar-refractivity contribution is 5.47. The standard InChI is InChI=1S/C11H17NO/c1-11(2,3)13-10-7-5-6-9(8-10)12-4/h5-8,12H,1-4H3. The largest absolute Gasteiger partial charge is 0.488 e. The van der Waals surface area contributed by atoms with E-state index in [1.165, 1.54) is 0 Å². The molecule has 1 aromatic carbocycles. The Morgan fingerprint density at radius 3 is 2.46 bits per heavy atom. The maximum absolute atomic E-state index is 5.70. The molecule has 2 nitrogen and oxygen atoms in total. The van der Waals surface area contributed by atoms with Crippen LogP contribution in [0.25, 0.3) is 0 Å². The second kappa shape index (κ2) is 3.69. The van der Waals surface area contributed by atoms with Gasteiger partial charge in [0.15, 0.2) is 0 Å². The van der Waals surface area contributed by atoms with E-state index in [9.17, 15) is 0 Å². The lowest BCUT2D eigenvalue weighted by atomic mass is 10.2. The van der Waals surface area contributed by atoms with Gasteiger partial charge in [-0.25, -0.2) is 0 Å². The molecular formula is C11H17NO. The average Bonchev–Trinajstić information content (AvgIpc) is 2.01. The lowest BCUT2D eigenvalue weighted by Crippen LogP contribution is -2.22. The van der Waals surface area contributed by atoms with Crippen molar-refractivity contribution in [1.82, 2.24) is 0 Å². The summed E-state index contributed by atoms with van der Waals surface area (Å²) in [5.41, 5.74) is 0.938. The van der Waals surface area contributed by atoms with Gasteiger partial charge in [0.05, 0.1) is 0 Å². The number of anilines is 1. The molecule has 1 N–H and O–H groups in total. The summed E-state index contributed by atoms with van der Waals surface area (Å²) in [6, 6.07) is 7.94. The molecule has 0 aliphatic carbocycles. The summed E-state index contributed by atoms with van der Waals surface area (Å²) in [7, 11) is 1.90. The van der Waals surface area contributed by atoms with Crippen molar-refractivity contribution in [2.75, 3.05) is 12.4 Å². The number of hydrogen-bond acceptors (Lipinski definition) is 2. The molecule has 0 radical (unpaired) electrons. The van der Waals surface area contributed by atoms with Crippen LogP contribution in [0.4, 0.5) is 5.69 Å². The van der Waals surface area contributed by atoms with Crippen molar-refractivity contribution >= 4 is 5.69 Å². The SMILES string of the molecule is CNc1cccc(OC(C)(C)C)c1. The molecule has 0 saturated heterocycles. The molecule has 2 heteroatoms. The molecule has 1 aromatic rings. The van der Waals surface area contributed by atoms with Gasteiger partial charge in [-0.3, -0.25) is 0 Å². The third-order valence-electron chi connectivity index (χ3n) is 1.55. The topological polar surface area (TPSA) is 21.3 Å². The normalized spacial score (nSPS) is 11.1. The predicted octanol–water partition coefficient (Wildman–Crippen LogP) is 2.91. The van der Waals surface area contributed by atoms with E-state index in [1.54, 1.807) is 0 Å². The van der Waals surface area contributed by atoms with E-state index >= 15 is 0 Å². The van der Waals surface area contributed by atoms with Crippen LogP contribution in [0.2, 0.25) is 0 Å². The van der Waals surface area contributed by atoms with Crippen LogP contribution in [0.1, 0.15) is 20.8 Å². The summed E-state index contributed by atoms with van der Waals surface area (Å²) in [6.07, 6.45) is 0. The molecule has 0 spiro atoms. The molecular weight excluding hydrogens is 162 g/mol. The maximum Gasteiger partial charge on any atom is 0.122 e. The van der Waals surface area contributed by atoms with Crippen LogP contribution in [-0.2, 0) is 0 Å². The quantitative estimate of drug-likeness (QED) is 0.753. The number of ether oxygens (including phenoxy) is 1. The van der Waals surface area contributed by atoms with Crippen molar-refractivity contribution in [3.05, 3.63) is 24.3 Å². The van der Waals surface area contributed by atoms with E-state index in [2.05, 4.69) is 5.32 Å². The number of nitrogens with one attached hydrogen (secondary N) is 1. The zero-order chi connectivity index (χ0) is 9.90. The molecule has 0 atom stereocenters. The Morgan fingerprint density at radius 2 is 1.92 bits per heavy atom. The van der Waals surface area contributed by atoms with Gasteiger partial charge in [-0.2, -0.15) is 0 Å². The third kappa shape index (κ3) is 3.36. The van der Waals surface area contributed by atoms with Crippen LogP contribution in [0.3, 0.4) is 0 Å². The highest BCUT2D eigenvalue weighted by Crippen LogP contribution is 2.21. The van der Waals surface area contributed by atoms with E-state index in [0.717, 1.165) is 11.4 Å². The first-order chi connectivity index (χ1) is 6.01. The molecule has 0 aliphatic heterocycles. The van der Waals surface area contributed by atoms with Crippen molar-refractivity contribution in [2.24, 2.45) is 0 Å². The Balaban J connectivity index is 2.78. The van der Waals surface area contributed by atoms with Gasteiger partial charge in [0, 0.05) is 18.8 Å². The van der Waals surface area contributed by atoms with Crippen LogP contribution in [0.15, 0.2) is 24.3 Å². The zero-order valence-corrected chi connectivity index (χ0v) is 8.72. The molecule has 0 aromatic heterocycles. The summed E-state index contributed by atoms with van der Waals surface area (Å²) in [4.78, 5) is 0. The third-order valence-corrected chi connectivity index (χ3v) is 1.55. The molecule has 0 amide bonds. The van der Waals surface area contributed by atoms with Crippen LogP contribution in [-0.4, -0.2) is 12.6 Å². The van der Waals surface area contributed by atoms with Crippen LogP contribution in [0, 0.1) is 0 Å². The summed E-state index contributed by atoms with van der Waals surface area (Å²) in [5.74, 6) is 0.902. The second-order valence-electron chi connectivity index (χ2n) is 3.99. The highest BCUT2D eigenvalue weighted by atomic mass is 16.5. The van der Waals surface area contributed by atoms with Gasteiger partial charge in [-0.1, -0.05) is 6.07 Å². The summed E-state index contributed by atoms with van der Waals surface area (Å²) in [5, 5.41) is 3.07. The van der Waals surface area contributed by atoms with Crippen molar-refractivity contribution in [1.29, 1.82) is 0 Å². The molecule has 0 fully saturated rings. The van der Waals surface area contributed by atoms with E-state index in [0.29, 0.717) is 0 Å². The zero-order valence-electron chi connectivity index (χ0n) is 8.72. The highest BCUT2D eigenvalue weighted by Gasteiger charge is 2.11. The van der Waals surface area contributed by atoms with E-state index in [-0.39, 0.29) is 5.60 Å². The predicted molar refractivity (Wildman–Crippen MR) is 56.4 cm³/mol. The fourth-order valence-corrected chi connectivity index (χ4v) is 1.07. The summed E-state index contributed by atoms with van der Waals surface area (Å²) in [6.45, 7) is 6.12. The van der Waals surface area contributed by atoms with Gasteiger partial charge in [0.2, 0.25) is 0 Å². The smallest absolute Gasteiger partial charge is 0.122 e. The number of rotatable bonds is 2. The first-order valence-electron chi connectivity index (χ1n) is 4.48. The molecule has 0 bridgehead atoms. The minimum atomic E-state index is -0.133. The van der Waals surface area contributed by atoms with Crippen molar-refractivity contribution in [3.63, 3.8) is 0 Å². The molecule has 0 heterocycles. The van der Waals surface area contributed by atoms with Gasteiger partial charge >= 0.3 is 0 Å². The Morgan fingerprint density at radius 1 is 1.23 bits per heavy atom. The monoisotopic (exact) mass is 179 g/mol. The van der Waals surface area contributed by atoms with E-state index in [1.807, 2.05) is 52.1 Å². The Bertz CT molecular complexity index is 276. The number of hydrogen-bond donors (Lipinski definition) is 1. The molecule has 0 aliphatic rings. The van der Waals surface area contributed by atoms with Gasteiger partial charge < -0.3 is 10.1 Å². The number of benzene rings is 1. The Kier molecular flexibility index (Phi) is 2.81. The van der Waals surface area contributed by atoms with E-state index < -0.39 is 0 Å². The molecule has 72 valence electrons. The van der Waals surface area contributed by atoms with Crippen LogP contribution >= 0.6 is 0 Å². The van der Waals surface area contributed by atoms with Gasteiger partial charge in [0.1, 0.15) is 11.4 Å². The molecule has 1 rings (SSSR count). The van der Waals surface area contributed by atoms with Crippen molar-refractivity contribution in [3.8, 4) is 5.75 Å². The average molecular weight is 179 g/mol. The summed E-state index contributed by atoms with van der Waals surface area (Å²) >= 11 is 0. The fourth-order valence-electron chi connectivity index (χ4n) is 1.07. The van der Waals surface area contributed by atoms with E-state index in [4.69, 9.17) is 4.74 Å². The van der Waals surface area contributed by atoms with Gasteiger partial charge in [-0.05, 0) is 32.9 Å². The first kappa shape index (κ1) is 9.90. The molecule has 0 unspecified atom stereocenters. The Hall–Kier alpha value is -1.18. The van der Waals surface area contributed by atoms with Gasteiger partial charge in [0.25, 0.3) is 0 Å². The van der Waals surface area contributed by atoms with Crippen LogP contribution < -0.4 is 10.1 Å². The second-order valence-corrected chi connectivity index (χ2v) is 3.99. The lowest BCUT2D eigenvalue weighted by molar-refractivity contribution is 0.131. The van der Waals surface area contributed by atoms with Crippen molar-refractivity contribution < 1.29 is 4.74 Å². The maximum atomic E-state index is 5.70. The first-order valence-corrected chi connectivity index (χ1v) is 4.48. The summed E-state index contributed by atoms with van der Waals surface area (Å²) < 4.78 is 5.70. The van der Waals surface area contributed by atoms with Gasteiger partial charge in [-0.15, -0.1) is 0 Å².